The highest BCUT2D eigenvalue weighted by Crippen LogP contribution is 2.16. The quantitative estimate of drug-likeness (QED) is 0.775. The predicted molar refractivity (Wildman–Crippen MR) is 75.8 cm³/mol. The maximum atomic E-state index is 9.19. The first-order chi connectivity index (χ1) is 9.36. The fourth-order valence-corrected chi connectivity index (χ4v) is 2.32. The minimum atomic E-state index is 0.0394. The Labute approximate surface area is 112 Å². The van der Waals surface area contributed by atoms with Gasteiger partial charge in [0.15, 0.2) is 0 Å². The average Bonchev–Trinajstić information content (AvgIpc) is 2.92. The molecule has 1 N–H and O–H groups in total. The van der Waals surface area contributed by atoms with E-state index in [1.165, 1.54) is 16.3 Å². The van der Waals surface area contributed by atoms with Crippen LogP contribution in [0.1, 0.15) is 11.3 Å². The van der Waals surface area contributed by atoms with Crippen LogP contribution in [0.25, 0.3) is 10.8 Å². The number of hydrogen-bond donors (Lipinski definition) is 1. The van der Waals surface area contributed by atoms with Crippen LogP contribution in [0.3, 0.4) is 0 Å². The van der Waals surface area contributed by atoms with Crippen molar-refractivity contribution in [3.05, 3.63) is 66.2 Å². The normalized spacial score (nSPS) is 11.0. The van der Waals surface area contributed by atoms with Crippen molar-refractivity contribution in [2.75, 3.05) is 0 Å². The molecule has 19 heavy (non-hydrogen) atoms. The lowest BCUT2D eigenvalue weighted by atomic mass is 10.1. The van der Waals surface area contributed by atoms with Crippen molar-refractivity contribution < 1.29 is 5.11 Å². The van der Waals surface area contributed by atoms with E-state index in [2.05, 4.69) is 47.4 Å². The first kappa shape index (κ1) is 11.9. The van der Waals surface area contributed by atoms with E-state index in [1.54, 1.807) is 12.5 Å². The molecule has 3 aromatic rings. The Morgan fingerprint density at radius 1 is 1.05 bits per heavy atom. The van der Waals surface area contributed by atoms with E-state index in [-0.39, 0.29) is 6.61 Å². The molecule has 0 unspecified atom stereocenters. The van der Waals surface area contributed by atoms with E-state index in [9.17, 15) is 5.11 Å². The summed E-state index contributed by atoms with van der Waals surface area (Å²) in [6, 6.07) is 14.9. The molecule has 96 valence electrons. The van der Waals surface area contributed by atoms with Crippen molar-refractivity contribution in [2.24, 2.45) is 0 Å². The highest BCUT2D eigenvalue weighted by molar-refractivity contribution is 5.82. The molecule has 0 fully saturated rings. The number of rotatable bonds is 4. The number of aliphatic hydroxyl groups is 1. The van der Waals surface area contributed by atoms with Gasteiger partial charge in [0, 0.05) is 6.54 Å². The van der Waals surface area contributed by atoms with Crippen LogP contribution in [-0.4, -0.2) is 14.7 Å². The maximum absolute atomic E-state index is 9.19. The lowest BCUT2D eigenvalue weighted by Crippen LogP contribution is -2.04. The number of nitrogens with zero attached hydrogens (tertiary/aromatic N) is 2. The fraction of sp³-hybridized carbons (Fsp3) is 0.188. The van der Waals surface area contributed by atoms with Gasteiger partial charge < -0.3 is 9.67 Å². The molecule has 0 amide bonds. The van der Waals surface area contributed by atoms with E-state index >= 15 is 0 Å². The zero-order valence-corrected chi connectivity index (χ0v) is 10.7. The average molecular weight is 252 g/mol. The van der Waals surface area contributed by atoms with Gasteiger partial charge in [-0.25, -0.2) is 4.98 Å². The Bertz CT molecular complexity index is 688. The molecule has 3 rings (SSSR count). The molecule has 0 saturated carbocycles. The zero-order valence-electron chi connectivity index (χ0n) is 10.7. The summed E-state index contributed by atoms with van der Waals surface area (Å²) in [6.45, 7) is 0.881. The van der Waals surface area contributed by atoms with Crippen molar-refractivity contribution in [2.45, 2.75) is 19.6 Å². The second-order valence-corrected chi connectivity index (χ2v) is 4.67. The molecule has 3 heteroatoms. The van der Waals surface area contributed by atoms with Crippen LogP contribution in [0.4, 0.5) is 0 Å². The fourth-order valence-electron chi connectivity index (χ4n) is 2.32. The highest BCUT2D eigenvalue weighted by atomic mass is 16.3. The summed E-state index contributed by atoms with van der Waals surface area (Å²) in [6.07, 6.45) is 4.42. The Kier molecular flexibility index (Phi) is 3.29. The number of imidazole rings is 1. The van der Waals surface area contributed by atoms with Crippen LogP contribution in [-0.2, 0) is 19.6 Å². The SMILES string of the molecule is OCc1cncn1CCc1ccc2ccccc2c1. The molecule has 0 atom stereocenters. The third-order valence-corrected chi connectivity index (χ3v) is 3.42. The summed E-state index contributed by atoms with van der Waals surface area (Å²) in [4.78, 5) is 4.06. The Hall–Kier alpha value is -2.13. The molecule has 0 spiro atoms. The number of aryl methyl sites for hydroxylation is 2. The highest BCUT2D eigenvalue weighted by Gasteiger charge is 2.01. The summed E-state index contributed by atoms with van der Waals surface area (Å²) >= 11 is 0. The number of aliphatic hydroxyl groups excluding tert-OH is 1. The molecule has 0 radical (unpaired) electrons. The van der Waals surface area contributed by atoms with Crippen LogP contribution >= 0.6 is 0 Å². The Morgan fingerprint density at radius 3 is 2.74 bits per heavy atom. The number of hydrogen-bond acceptors (Lipinski definition) is 2. The van der Waals surface area contributed by atoms with Gasteiger partial charge in [0.05, 0.1) is 24.8 Å². The van der Waals surface area contributed by atoms with Gasteiger partial charge >= 0.3 is 0 Å². The third-order valence-electron chi connectivity index (χ3n) is 3.42. The molecular formula is C16H16N2O. The molecule has 0 saturated heterocycles. The standard InChI is InChI=1S/C16H16N2O/c19-11-16-10-17-12-18(16)8-7-13-5-6-14-3-1-2-4-15(14)9-13/h1-6,9-10,12,19H,7-8,11H2. The second kappa shape index (κ2) is 5.24. The molecule has 3 nitrogen and oxygen atoms in total. The topological polar surface area (TPSA) is 38.1 Å². The minimum absolute atomic E-state index is 0.0394. The summed E-state index contributed by atoms with van der Waals surface area (Å²) in [5.74, 6) is 0. The van der Waals surface area contributed by atoms with E-state index < -0.39 is 0 Å². The van der Waals surface area contributed by atoms with Gasteiger partial charge in [-0.3, -0.25) is 0 Å². The number of fused-ring (bicyclic) bond motifs is 1. The second-order valence-electron chi connectivity index (χ2n) is 4.67. The minimum Gasteiger partial charge on any atom is -0.390 e. The Balaban J connectivity index is 1.78. The summed E-state index contributed by atoms with van der Waals surface area (Å²) in [5.41, 5.74) is 2.16. The van der Waals surface area contributed by atoms with Crippen LogP contribution in [0.2, 0.25) is 0 Å². The third kappa shape index (κ3) is 2.51. The summed E-state index contributed by atoms with van der Waals surface area (Å²) in [5, 5.41) is 11.7. The number of benzene rings is 2. The van der Waals surface area contributed by atoms with Gasteiger partial charge in [-0.05, 0) is 22.8 Å². The van der Waals surface area contributed by atoms with Crippen molar-refractivity contribution in [1.29, 1.82) is 0 Å². The largest absolute Gasteiger partial charge is 0.390 e. The lowest BCUT2D eigenvalue weighted by molar-refractivity contribution is 0.270. The molecule has 0 aliphatic rings. The molecule has 2 aromatic carbocycles. The van der Waals surface area contributed by atoms with E-state index in [0.29, 0.717) is 0 Å². The van der Waals surface area contributed by atoms with Crippen LogP contribution in [0.15, 0.2) is 55.0 Å². The van der Waals surface area contributed by atoms with Crippen LogP contribution in [0.5, 0.6) is 0 Å². The van der Waals surface area contributed by atoms with Crippen molar-refractivity contribution in [3.63, 3.8) is 0 Å². The van der Waals surface area contributed by atoms with Crippen molar-refractivity contribution >= 4 is 10.8 Å². The smallest absolute Gasteiger partial charge is 0.0948 e. The van der Waals surface area contributed by atoms with Gasteiger partial charge in [-0.15, -0.1) is 0 Å². The molecule has 1 heterocycles. The molecule has 0 aliphatic heterocycles. The lowest BCUT2D eigenvalue weighted by Gasteiger charge is -2.07. The predicted octanol–water partition coefficient (Wildman–Crippen LogP) is 2.77. The monoisotopic (exact) mass is 252 g/mol. The molecule has 0 bridgehead atoms. The maximum Gasteiger partial charge on any atom is 0.0948 e. The van der Waals surface area contributed by atoms with Gasteiger partial charge in [-0.2, -0.15) is 0 Å². The summed E-state index contributed by atoms with van der Waals surface area (Å²) < 4.78 is 2.00. The molecule has 0 aliphatic carbocycles. The zero-order chi connectivity index (χ0) is 13.1. The van der Waals surface area contributed by atoms with E-state index in [0.717, 1.165) is 18.7 Å². The van der Waals surface area contributed by atoms with Crippen LogP contribution in [0, 0.1) is 0 Å². The van der Waals surface area contributed by atoms with Crippen molar-refractivity contribution in [1.82, 2.24) is 9.55 Å². The first-order valence-electron chi connectivity index (χ1n) is 6.44. The molecular weight excluding hydrogens is 236 g/mol. The number of aromatic nitrogens is 2. The Morgan fingerprint density at radius 2 is 1.89 bits per heavy atom. The molecule has 1 aromatic heterocycles. The van der Waals surface area contributed by atoms with E-state index in [1.807, 2.05) is 4.57 Å². The van der Waals surface area contributed by atoms with Gasteiger partial charge in [0.2, 0.25) is 0 Å². The van der Waals surface area contributed by atoms with E-state index in [4.69, 9.17) is 0 Å². The van der Waals surface area contributed by atoms with Crippen molar-refractivity contribution in [3.8, 4) is 0 Å². The van der Waals surface area contributed by atoms with Gasteiger partial charge in [0.1, 0.15) is 0 Å². The first-order valence-corrected chi connectivity index (χ1v) is 6.44. The van der Waals surface area contributed by atoms with Gasteiger partial charge in [0.25, 0.3) is 0 Å². The van der Waals surface area contributed by atoms with Crippen LogP contribution < -0.4 is 0 Å². The van der Waals surface area contributed by atoms with Gasteiger partial charge in [-0.1, -0.05) is 42.5 Å². The summed E-state index contributed by atoms with van der Waals surface area (Å²) in [7, 11) is 0.